The average molecular weight is 259 g/mol. The number of hydrogen-bond donors (Lipinski definition) is 1. The van der Waals surface area contributed by atoms with Crippen molar-refractivity contribution in [2.24, 2.45) is 5.92 Å². The highest BCUT2D eigenvalue weighted by atomic mass is 16.6. The summed E-state index contributed by atoms with van der Waals surface area (Å²) in [4.78, 5) is 24.2. The van der Waals surface area contributed by atoms with Crippen molar-refractivity contribution in [1.82, 2.24) is 4.90 Å². The van der Waals surface area contributed by atoms with Crippen LogP contribution in [0.2, 0.25) is 0 Å². The van der Waals surface area contributed by atoms with Crippen molar-refractivity contribution >= 4 is 12.1 Å². The van der Waals surface area contributed by atoms with Crippen molar-refractivity contribution in [2.45, 2.75) is 59.6 Å². The van der Waals surface area contributed by atoms with E-state index in [-0.39, 0.29) is 6.04 Å². The van der Waals surface area contributed by atoms with Gasteiger partial charge in [0.2, 0.25) is 0 Å². The zero-order valence-corrected chi connectivity index (χ0v) is 12.2. The van der Waals surface area contributed by atoms with Gasteiger partial charge in [-0.05, 0) is 41.0 Å². The van der Waals surface area contributed by atoms with Gasteiger partial charge in [0.1, 0.15) is 5.60 Å². The third-order valence-electron chi connectivity index (χ3n) is 2.48. The lowest BCUT2D eigenvalue weighted by Gasteiger charge is -2.30. The molecule has 106 valence electrons. The zero-order valence-electron chi connectivity index (χ0n) is 12.2. The molecule has 0 bridgehead atoms. The third-order valence-corrected chi connectivity index (χ3v) is 2.48. The first-order valence-corrected chi connectivity index (χ1v) is 6.27. The molecular weight excluding hydrogens is 234 g/mol. The molecule has 0 fully saturated rings. The van der Waals surface area contributed by atoms with Gasteiger partial charge >= 0.3 is 12.1 Å². The molecule has 5 heteroatoms. The number of nitrogens with zero attached hydrogens (tertiary/aromatic N) is 1. The molecule has 0 heterocycles. The smallest absolute Gasteiger partial charge is 0.410 e. The van der Waals surface area contributed by atoms with Gasteiger partial charge in [-0.25, -0.2) is 4.79 Å². The van der Waals surface area contributed by atoms with Crippen LogP contribution in [0.4, 0.5) is 4.79 Å². The second-order valence-corrected chi connectivity index (χ2v) is 5.80. The Bertz CT molecular complexity index is 294. The number of aliphatic carboxylic acids is 1. The Balaban J connectivity index is 4.49. The minimum atomic E-state index is -0.845. The van der Waals surface area contributed by atoms with E-state index in [1.165, 1.54) is 0 Å². The largest absolute Gasteiger partial charge is 0.481 e. The zero-order chi connectivity index (χ0) is 14.5. The van der Waals surface area contributed by atoms with E-state index in [9.17, 15) is 9.59 Å². The molecule has 1 unspecified atom stereocenters. The van der Waals surface area contributed by atoms with E-state index in [1.807, 2.05) is 34.6 Å². The highest BCUT2D eigenvalue weighted by molar-refractivity contribution is 5.70. The highest BCUT2D eigenvalue weighted by Gasteiger charge is 2.25. The molecule has 0 aliphatic rings. The normalized spacial score (nSPS) is 13.3. The maximum Gasteiger partial charge on any atom is 0.410 e. The average Bonchev–Trinajstić information content (AvgIpc) is 2.13. The summed E-state index contributed by atoms with van der Waals surface area (Å²) in [6, 6.07) is -0.0131. The lowest BCUT2D eigenvalue weighted by atomic mass is 10.1. The summed E-state index contributed by atoms with van der Waals surface area (Å²) in [7, 11) is 0. The Labute approximate surface area is 109 Å². The number of ether oxygens (including phenoxy) is 1. The maximum absolute atomic E-state index is 11.9. The van der Waals surface area contributed by atoms with Gasteiger partial charge in [0.05, 0.1) is 5.92 Å². The monoisotopic (exact) mass is 259 g/mol. The first-order valence-electron chi connectivity index (χ1n) is 6.27. The minimum Gasteiger partial charge on any atom is -0.481 e. The lowest BCUT2D eigenvalue weighted by Crippen LogP contribution is -2.42. The maximum atomic E-state index is 11.9. The van der Waals surface area contributed by atoms with Crippen LogP contribution in [0.25, 0.3) is 0 Å². The molecule has 0 aromatic rings. The fourth-order valence-corrected chi connectivity index (χ4v) is 1.34. The molecule has 0 aromatic carbocycles. The first kappa shape index (κ1) is 16.7. The van der Waals surface area contributed by atoms with Gasteiger partial charge in [-0.1, -0.05) is 6.92 Å². The van der Waals surface area contributed by atoms with Crippen molar-refractivity contribution < 1.29 is 19.4 Å². The Morgan fingerprint density at radius 2 is 1.72 bits per heavy atom. The number of carboxylic acids is 1. The van der Waals surface area contributed by atoms with Gasteiger partial charge in [-0.15, -0.1) is 0 Å². The SMILES string of the molecule is CC(CCN(C(=O)OC(C)(C)C)C(C)C)C(=O)O. The minimum absolute atomic E-state index is 0.0131. The van der Waals surface area contributed by atoms with Crippen molar-refractivity contribution in [1.29, 1.82) is 0 Å². The summed E-state index contributed by atoms with van der Waals surface area (Å²) in [6.07, 6.45) is 0.0299. The standard InChI is InChI=1S/C13H25NO4/c1-9(2)14(8-7-10(3)11(15)16)12(17)18-13(4,5)6/h9-10H,7-8H2,1-6H3,(H,15,16). The molecule has 1 N–H and O–H groups in total. The van der Waals surface area contributed by atoms with Crippen molar-refractivity contribution in [3.05, 3.63) is 0 Å². The van der Waals surface area contributed by atoms with Crippen LogP contribution in [0, 0.1) is 5.92 Å². The van der Waals surface area contributed by atoms with E-state index in [0.29, 0.717) is 13.0 Å². The fourth-order valence-electron chi connectivity index (χ4n) is 1.34. The van der Waals surface area contributed by atoms with Crippen LogP contribution in [0.15, 0.2) is 0 Å². The van der Waals surface area contributed by atoms with E-state index in [1.54, 1.807) is 11.8 Å². The van der Waals surface area contributed by atoms with Gasteiger partial charge in [0.25, 0.3) is 0 Å². The summed E-state index contributed by atoms with van der Waals surface area (Å²) in [5.41, 5.74) is -0.539. The molecule has 0 aliphatic heterocycles. The highest BCUT2D eigenvalue weighted by Crippen LogP contribution is 2.14. The molecule has 0 radical (unpaired) electrons. The van der Waals surface area contributed by atoms with E-state index >= 15 is 0 Å². The Morgan fingerprint density at radius 3 is 2.06 bits per heavy atom. The first-order chi connectivity index (χ1) is 8.04. The molecule has 1 atom stereocenters. The van der Waals surface area contributed by atoms with Crippen LogP contribution in [-0.2, 0) is 9.53 Å². The molecule has 0 saturated carbocycles. The second-order valence-electron chi connectivity index (χ2n) is 5.80. The van der Waals surface area contributed by atoms with Gasteiger partial charge in [-0.3, -0.25) is 4.79 Å². The van der Waals surface area contributed by atoms with Gasteiger partial charge in [0, 0.05) is 12.6 Å². The summed E-state index contributed by atoms with van der Waals surface area (Å²) < 4.78 is 5.29. The summed E-state index contributed by atoms with van der Waals surface area (Å²) in [6.45, 7) is 11.2. The molecule has 1 amide bonds. The number of carboxylic acid groups (broad SMARTS) is 1. The van der Waals surface area contributed by atoms with E-state index < -0.39 is 23.6 Å². The van der Waals surface area contributed by atoms with Crippen LogP contribution < -0.4 is 0 Å². The number of carbonyl (C=O) groups excluding carboxylic acids is 1. The van der Waals surface area contributed by atoms with E-state index in [2.05, 4.69) is 0 Å². The van der Waals surface area contributed by atoms with Crippen LogP contribution in [0.3, 0.4) is 0 Å². The van der Waals surface area contributed by atoms with Gasteiger partial charge in [-0.2, -0.15) is 0 Å². The number of rotatable bonds is 5. The second kappa shape index (κ2) is 6.61. The van der Waals surface area contributed by atoms with Gasteiger partial charge < -0.3 is 14.7 Å². The van der Waals surface area contributed by atoms with Crippen molar-refractivity contribution in [3.8, 4) is 0 Å². The van der Waals surface area contributed by atoms with E-state index in [4.69, 9.17) is 9.84 Å². The molecule has 0 aliphatic carbocycles. The Morgan fingerprint density at radius 1 is 1.22 bits per heavy atom. The molecule has 18 heavy (non-hydrogen) atoms. The molecule has 0 saturated heterocycles. The summed E-state index contributed by atoms with van der Waals surface area (Å²) >= 11 is 0. The number of hydrogen-bond acceptors (Lipinski definition) is 3. The predicted molar refractivity (Wildman–Crippen MR) is 69.5 cm³/mol. The lowest BCUT2D eigenvalue weighted by molar-refractivity contribution is -0.141. The molecular formula is C13H25NO4. The fraction of sp³-hybridized carbons (Fsp3) is 0.846. The number of amides is 1. The van der Waals surface area contributed by atoms with Crippen LogP contribution in [0.1, 0.15) is 48.0 Å². The summed E-state index contributed by atoms with van der Waals surface area (Å²) in [5.74, 6) is -1.31. The van der Waals surface area contributed by atoms with Crippen molar-refractivity contribution in [3.63, 3.8) is 0 Å². The van der Waals surface area contributed by atoms with Crippen LogP contribution in [-0.4, -0.2) is 40.3 Å². The van der Waals surface area contributed by atoms with Crippen LogP contribution in [0.5, 0.6) is 0 Å². The number of carbonyl (C=O) groups is 2. The van der Waals surface area contributed by atoms with Crippen LogP contribution >= 0.6 is 0 Å². The predicted octanol–water partition coefficient (Wildman–Crippen LogP) is 2.74. The molecule has 0 spiro atoms. The summed E-state index contributed by atoms with van der Waals surface area (Å²) in [5, 5.41) is 8.82. The topological polar surface area (TPSA) is 66.8 Å². The Kier molecular flexibility index (Phi) is 6.15. The van der Waals surface area contributed by atoms with Gasteiger partial charge in [0.15, 0.2) is 0 Å². The molecule has 0 aromatic heterocycles. The third kappa shape index (κ3) is 6.47. The molecule has 5 nitrogen and oxygen atoms in total. The quantitative estimate of drug-likeness (QED) is 0.824. The Hall–Kier alpha value is -1.26. The van der Waals surface area contributed by atoms with Crippen molar-refractivity contribution in [2.75, 3.05) is 6.54 Å². The molecule has 0 rings (SSSR count). The van der Waals surface area contributed by atoms with E-state index in [0.717, 1.165) is 0 Å².